The summed E-state index contributed by atoms with van der Waals surface area (Å²) in [5, 5.41) is 2.76. The third kappa shape index (κ3) is 4.39. The highest BCUT2D eigenvalue weighted by atomic mass is 19.1. The summed E-state index contributed by atoms with van der Waals surface area (Å²) in [6.07, 6.45) is 2.52. The first kappa shape index (κ1) is 21.6. The SMILES string of the molecule is COC(=O)C(CC(C)C)NC(=O)N1CCc2[nH]cnc2C1c1ccc(OC)cc1F. The number of aromatic nitrogens is 2. The number of hydrogen-bond acceptors (Lipinski definition) is 5. The van der Waals surface area contributed by atoms with Gasteiger partial charge < -0.3 is 24.7 Å². The molecule has 2 atom stereocenters. The van der Waals surface area contributed by atoms with E-state index >= 15 is 0 Å². The van der Waals surface area contributed by atoms with Crippen LogP contribution < -0.4 is 10.1 Å². The van der Waals surface area contributed by atoms with Crippen molar-refractivity contribution in [3.05, 3.63) is 47.3 Å². The van der Waals surface area contributed by atoms with E-state index in [1.165, 1.54) is 31.5 Å². The number of urea groups is 1. The highest BCUT2D eigenvalue weighted by Gasteiger charge is 2.37. The third-order valence-electron chi connectivity index (χ3n) is 5.18. The summed E-state index contributed by atoms with van der Waals surface area (Å²) in [7, 11) is 2.75. The van der Waals surface area contributed by atoms with Crippen LogP contribution in [0.5, 0.6) is 5.75 Å². The number of methoxy groups -OCH3 is 2. The van der Waals surface area contributed by atoms with Crippen LogP contribution in [0.4, 0.5) is 9.18 Å². The van der Waals surface area contributed by atoms with Gasteiger partial charge in [-0.25, -0.2) is 19.0 Å². The normalized spacial score (nSPS) is 16.7. The first-order valence-electron chi connectivity index (χ1n) is 9.86. The number of rotatable bonds is 6. The third-order valence-corrected chi connectivity index (χ3v) is 5.18. The fourth-order valence-electron chi connectivity index (χ4n) is 3.73. The maximum absolute atomic E-state index is 14.9. The Bertz CT molecular complexity index is 914. The first-order valence-corrected chi connectivity index (χ1v) is 9.86. The second kappa shape index (κ2) is 9.15. The minimum absolute atomic E-state index is 0.170. The second-order valence-corrected chi connectivity index (χ2v) is 7.65. The summed E-state index contributed by atoms with van der Waals surface area (Å²) >= 11 is 0. The van der Waals surface area contributed by atoms with Crippen LogP contribution in [0, 0.1) is 11.7 Å². The van der Waals surface area contributed by atoms with Gasteiger partial charge in [-0.3, -0.25) is 0 Å². The average Bonchev–Trinajstić information content (AvgIpc) is 3.20. The number of esters is 1. The number of amides is 2. The fourth-order valence-corrected chi connectivity index (χ4v) is 3.73. The molecule has 3 rings (SSSR count). The molecule has 1 aliphatic rings. The van der Waals surface area contributed by atoms with Gasteiger partial charge in [-0.15, -0.1) is 0 Å². The summed E-state index contributed by atoms with van der Waals surface area (Å²) in [5.74, 6) is -0.460. The summed E-state index contributed by atoms with van der Waals surface area (Å²) in [6.45, 7) is 4.25. The standard InChI is InChI=1S/C21H27FN4O4/c1-12(2)9-17(20(27)30-4)25-21(28)26-8-7-16-18(24-11-23-16)19(26)14-6-5-13(29-3)10-15(14)22/h5-6,10-12,17,19H,7-9H2,1-4H3,(H,23,24)(H,25,28). The molecule has 8 nitrogen and oxygen atoms in total. The van der Waals surface area contributed by atoms with Crippen LogP contribution in [0.25, 0.3) is 0 Å². The molecule has 0 saturated carbocycles. The smallest absolute Gasteiger partial charge is 0.328 e. The van der Waals surface area contributed by atoms with Gasteiger partial charge in [0.1, 0.15) is 23.7 Å². The molecule has 0 bridgehead atoms. The van der Waals surface area contributed by atoms with Gasteiger partial charge in [0, 0.05) is 30.3 Å². The number of ether oxygens (including phenoxy) is 2. The van der Waals surface area contributed by atoms with Gasteiger partial charge in [0.15, 0.2) is 0 Å². The van der Waals surface area contributed by atoms with Crippen molar-refractivity contribution in [3.8, 4) is 5.75 Å². The number of nitrogens with zero attached hydrogens (tertiary/aromatic N) is 2. The zero-order chi connectivity index (χ0) is 21.8. The van der Waals surface area contributed by atoms with E-state index in [-0.39, 0.29) is 5.92 Å². The van der Waals surface area contributed by atoms with E-state index in [9.17, 15) is 14.0 Å². The molecule has 1 aliphatic heterocycles. The first-order chi connectivity index (χ1) is 14.3. The number of fused-ring (bicyclic) bond motifs is 1. The van der Waals surface area contributed by atoms with Crippen molar-refractivity contribution >= 4 is 12.0 Å². The van der Waals surface area contributed by atoms with Crippen molar-refractivity contribution in [2.45, 2.75) is 38.8 Å². The quantitative estimate of drug-likeness (QED) is 0.704. The molecule has 2 aromatic rings. The van der Waals surface area contributed by atoms with E-state index in [2.05, 4.69) is 15.3 Å². The number of imidazole rings is 1. The summed E-state index contributed by atoms with van der Waals surface area (Å²) in [6, 6.07) is 2.52. The van der Waals surface area contributed by atoms with Crippen LogP contribution in [0.3, 0.4) is 0 Å². The van der Waals surface area contributed by atoms with Gasteiger partial charge in [0.2, 0.25) is 0 Å². The maximum atomic E-state index is 14.9. The minimum Gasteiger partial charge on any atom is -0.497 e. The van der Waals surface area contributed by atoms with Crippen LogP contribution in [0.1, 0.15) is 43.3 Å². The number of benzene rings is 1. The Morgan fingerprint density at radius 3 is 2.77 bits per heavy atom. The van der Waals surface area contributed by atoms with Crippen molar-refractivity contribution < 1.29 is 23.5 Å². The van der Waals surface area contributed by atoms with Crippen LogP contribution in [0.2, 0.25) is 0 Å². The van der Waals surface area contributed by atoms with Gasteiger partial charge in [0.05, 0.1) is 26.2 Å². The topological polar surface area (TPSA) is 96.6 Å². The van der Waals surface area contributed by atoms with Gasteiger partial charge >= 0.3 is 12.0 Å². The number of hydrogen-bond donors (Lipinski definition) is 2. The van der Waals surface area contributed by atoms with Crippen molar-refractivity contribution in [3.63, 3.8) is 0 Å². The molecule has 9 heteroatoms. The predicted octanol–water partition coefficient (Wildman–Crippen LogP) is 2.80. The van der Waals surface area contributed by atoms with E-state index in [0.717, 1.165) is 5.69 Å². The molecule has 162 valence electrons. The molecule has 2 amide bonds. The second-order valence-electron chi connectivity index (χ2n) is 7.65. The Balaban J connectivity index is 1.94. The minimum atomic E-state index is -0.788. The Kier molecular flexibility index (Phi) is 6.59. The van der Waals surface area contributed by atoms with E-state index in [4.69, 9.17) is 9.47 Å². The molecule has 2 heterocycles. The van der Waals surface area contributed by atoms with Crippen LogP contribution in [0.15, 0.2) is 24.5 Å². The summed E-state index contributed by atoms with van der Waals surface area (Å²) < 4.78 is 24.9. The van der Waals surface area contributed by atoms with Crippen molar-refractivity contribution in [1.29, 1.82) is 0 Å². The van der Waals surface area contributed by atoms with E-state index in [1.54, 1.807) is 12.1 Å². The highest BCUT2D eigenvalue weighted by molar-refractivity contribution is 5.84. The maximum Gasteiger partial charge on any atom is 0.328 e. The Labute approximate surface area is 174 Å². The van der Waals surface area contributed by atoms with Gasteiger partial charge in [0.25, 0.3) is 0 Å². The highest BCUT2D eigenvalue weighted by Crippen LogP contribution is 2.35. The molecule has 0 radical (unpaired) electrons. The molecule has 0 fully saturated rings. The Hall–Kier alpha value is -3.10. The van der Waals surface area contributed by atoms with Crippen molar-refractivity contribution in [2.24, 2.45) is 5.92 Å². The van der Waals surface area contributed by atoms with E-state index in [1.807, 2.05) is 13.8 Å². The molecule has 30 heavy (non-hydrogen) atoms. The number of carbonyl (C=O) groups is 2. The van der Waals surface area contributed by atoms with E-state index in [0.29, 0.717) is 36.4 Å². The van der Waals surface area contributed by atoms with Gasteiger partial charge in [-0.2, -0.15) is 0 Å². The van der Waals surface area contributed by atoms with Gasteiger partial charge in [-0.05, 0) is 24.5 Å². The molecule has 0 saturated heterocycles. The molecule has 0 spiro atoms. The number of aromatic amines is 1. The van der Waals surface area contributed by atoms with Crippen LogP contribution >= 0.6 is 0 Å². The molecule has 2 unspecified atom stereocenters. The van der Waals surface area contributed by atoms with Crippen molar-refractivity contribution in [1.82, 2.24) is 20.2 Å². The molecule has 2 N–H and O–H groups in total. The zero-order valence-corrected chi connectivity index (χ0v) is 17.6. The average molecular weight is 418 g/mol. The molecule has 1 aromatic heterocycles. The number of halogens is 1. The summed E-state index contributed by atoms with van der Waals surface area (Å²) in [4.78, 5) is 34.2. The summed E-state index contributed by atoms with van der Waals surface area (Å²) in [5.41, 5.74) is 1.74. The number of H-pyrrole nitrogens is 1. The van der Waals surface area contributed by atoms with Crippen LogP contribution in [-0.4, -0.2) is 53.7 Å². The predicted molar refractivity (Wildman–Crippen MR) is 108 cm³/mol. The lowest BCUT2D eigenvalue weighted by molar-refractivity contribution is -0.143. The lowest BCUT2D eigenvalue weighted by Gasteiger charge is -2.36. The fraction of sp³-hybridized carbons (Fsp3) is 0.476. The number of carbonyl (C=O) groups excluding carboxylic acids is 2. The van der Waals surface area contributed by atoms with Crippen molar-refractivity contribution in [2.75, 3.05) is 20.8 Å². The van der Waals surface area contributed by atoms with Gasteiger partial charge in [-0.1, -0.05) is 13.8 Å². The Morgan fingerprint density at radius 2 is 2.13 bits per heavy atom. The number of nitrogens with one attached hydrogen (secondary N) is 2. The van der Waals surface area contributed by atoms with E-state index < -0.39 is 29.9 Å². The zero-order valence-electron chi connectivity index (χ0n) is 17.6. The lowest BCUT2D eigenvalue weighted by Crippen LogP contribution is -2.51. The molecule has 0 aliphatic carbocycles. The van der Waals surface area contributed by atoms with Crippen LogP contribution in [-0.2, 0) is 16.0 Å². The molecular weight excluding hydrogens is 391 g/mol. The Morgan fingerprint density at radius 1 is 1.37 bits per heavy atom. The monoisotopic (exact) mass is 418 g/mol. The largest absolute Gasteiger partial charge is 0.497 e. The molecular formula is C21H27FN4O4. The molecule has 1 aromatic carbocycles. The lowest BCUT2D eigenvalue weighted by atomic mass is 9.95.